The molecule has 0 atom stereocenters. The lowest BCUT2D eigenvalue weighted by atomic mass is 10.1. The maximum atomic E-state index is 13.7. The minimum absolute atomic E-state index is 0.0117. The Labute approximate surface area is 176 Å². The average Bonchev–Trinajstić information content (AvgIpc) is 3.25. The van der Waals surface area contributed by atoms with Gasteiger partial charge in [-0.25, -0.2) is 23.4 Å². The predicted molar refractivity (Wildman–Crippen MR) is 105 cm³/mol. The Balaban J connectivity index is 1.99. The Morgan fingerprint density at radius 3 is 2.52 bits per heavy atom. The van der Waals surface area contributed by atoms with Crippen LogP contribution in [-0.4, -0.2) is 39.9 Å². The van der Waals surface area contributed by atoms with E-state index in [4.69, 9.17) is 0 Å². The van der Waals surface area contributed by atoms with Crippen molar-refractivity contribution in [3.05, 3.63) is 36.2 Å². The Bertz CT molecular complexity index is 1420. The van der Waals surface area contributed by atoms with Crippen molar-refractivity contribution in [3.8, 4) is 10.7 Å². The molecule has 4 aromatic heterocycles. The van der Waals surface area contributed by atoms with Crippen LogP contribution in [0.3, 0.4) is 0 Å². The van der Waals surface area contributed by atoms with Crippen molar-refractivity contribution in [1.29, 1.82) is 0 Å². The molecule has 4 rings (SSSR count). The number of imidazole rings is 1. The highest BCUT2D eigenvalue weighted by Gasteiger charge is 2.59. The predicted octanol–water partition coefficient (Wildman–Crippen LogP) is 4.69. The number of aryl methyl sites for hydroxylation is 1. The molecule has 13 heteroatoms. The number of halogens is 5. The summed E-state index contributed by atoms with van der Waals surface area (Å²) in [7, 11) is -2.27. The zero-order valence-corrected chi connectivity index (χ0v) is 17.5. The Morgan fingerprint density at radius 1 is 1.16 bits per heavy atom. The van der Waals surface area contributed by atoms with Gasteiger partial charge in [-0.05, 0) is 18.2 Å². The number of rotatable bonds is 4. The zero-order chi connectivity index (χ0) is 22.8. The normalized spacial score (nSPS) is 13.4. The van der Waals surface area contributed by atoms with E-state index in [1.807, 2.05) is 0 Å². The fraction of sp³-hybridized carbons (Fsp3) is 0.278. The van der Waals surface area contributed by atoms with E-state index in [1.54, 1.807) is 12.1 Å². The van der Waals surface area contributed by atoms with Crippen LogP contribution in [0.4, 0.5) is 22.0 Å². The minimum Gasteiger partial charge on any atom is -0.311 e. The van der Waals surface area contributed by atoms with Crippen molar-refractivity contribution in [2.24, 2.45) is 7.05 Å². The number of fused-ring (bicyclic) bond motifs is 2. The van der Waals surface area contributed by atoms with E-state index in [1.165, 1.54) is 24.7 Å². The fourth-order valence-electron chi connectivity index (χ4n) is 3.13. The van der Waals surface area contributed by atoms with Gasteiger partial charge >= 0.3 is 12.1 Å². The summed E-state index contributed by atoms with van der Waals surface area (Å²) in [6.45, 7) is 1.47. The van der Waals surface area contributed by atoms with E-state index in [9.17, 15) is 30.4 Å². The van der Waals surface area contributed by atoms with E-state index < -0.39 is 27.5 Å². The van der Waals surface area contributed by atoms with Gasteiger partial charge in [-0.3, -0.25) is 0 Å². The quantitative estimate of drug-likeness (QED) is 0.400. The summed E-state index contributed by atoms with van der Waals surface area (Å²) < 4.78 is 92.6. The molecule has 31 heavy (non-hydrogen) atoms. The minimum atomic E-state index is -5.79. The topological polar surface area (TPSA) is 77.7 Å². The first kappa shape index (κ1) is 21.6. The lowest BCUT2D eigenvalue weighted by Crippen LogP contribution is -2.33. The second kappa shape index (κ2) is 6.92. The number of hydrogen-bond donors (Lipinski definition) is 0. The van der Waals surface area contributed by atoms with Gasteiger partial charge < -0.3 is 4.57 Å². The number of pyridine rings is 2. The van der Waals surface area contributed by atoms with Gasteiger partial charge in [0.1, 0.15) is 10.3 Å². The van der Waals surface area contributed by atoms with Crippen molar-refractivity contribution >= 4 is 42.6 Å². The van der Waals surface area contributed by atoms with Crippen LogP contribution < -0.4 is 0 Å². The Morgan fingerprint density at radius 2 is 1.87 bits per heavy atom. The van der Waals surface area contributed by atoms with E-state index in [0.717, 1.165) is 11.3 Å². The second-order valence-corrected chi connectivity index (χ2v) is 9.87. The van der Waals surface area contributed by atoms with Crippen LogP contribution >= 0.6 is 11.3 Å². The van der Waals surface area contributed by atoms with Gasteiger partial charge in [-0.2, -0.15) is 22.0 Å². The number of aromatic nitrogens is 4. The van der Waals surface area contributed by atoms with Crippen molar-refractivity contribution in [3.63, 3.8) is 0 Å². The molecule has 0 amide bonds. The first-order valence-corrected chi connectivity index (χ1v) is 11.2. The van der Waals surface area contributed by atoms with Crippen molar-refractivity contribution in [2.75, 3.05) is 5.75 Å². The van der Waals surface area contributed by atoms with Gasteiger partial charge in [0, 0.05) is 24.8 Å². The highest BCUT2D eigenvalue weighted by atomic mass is 32.2. The molecule has 0 aromatic carbocycles. The lowest BCUT2D eigenvalue weighted by molar-refractivity contribution is -0.289. The van der Waals surface area contributed by atoms with Crippen LogP contribution in [0.5, 0.6) is 0 Å². The molecule has 0 aliphatic heterocycles. The molecule has 164 valence electrons. The fourth-order valence-corrected chi connectivity index (χ4v) is 5.92. The third kappa shape index (κ3) is 3.26. The summed E-state index contributed by atoms with van der Waals surface area (Å²) in [6, 6.07) is 3.78. The summed E-state index contributed by atoms with van der Waals surface area (Å²) >= 11 is 1.03. The number of alkyl halides is 5. The molecule has 4 aromatic rings. The molecular weight excluding hydrogens is 463 g/mol. The van der Waals surface area contributed by atoms with E-state index >= 15 is 0 Å². The molecule has 0 saturated carbocycles. The summed E-state index contributed by atoms with van der Waals surface area (Å²) in [5.41, 5.74) is -1.54. The van der Waals surface area contributed by atoms with Crippen LogP contribution in [0.1, 0.15) is 12.5 Å². The van der Waals surface area contributed by atoms with E-state index in [2.05, 4.69) is 15.0 Å². The maximum Gasteiger partial charge on any atom is 0.458 e. The molecule has 0 N–H and O–H groups in total. The Kier molecular flexibility index (Phi) is 4.81. The molecule has 0 aliphatic carbocycles. The SMILES string of the molecule is CCS(=O)(=O)c1c(-c2nc3cc(C(F)(F)C(F)(F)F)cnc3n2C)sc2ncccc12. The molecular formula is C18H13F5N4O2S2. The van der Waals surface area contributed by atoms with Gasteiger partial charge in [0.05, 0.1) is 21.1 Å². The van der Waals surface area contributed by atoms with Crippen LogP contribution in [-0.2, 0) is 22.8 Å². The molecule has 0 spiro atoms. The van der Waals surface area contributed by atoms with Crippen molar-refractivity contribution in [2.45, 2.75) is 23.9 Å². The first-order valence-electron chi connectivity index (χ1n) is 8.76. The molecule has 0 bridgehead atoms. The number of thiophene rings is 1. The highest BCUT2D eigenvalue weighted by molar-refractivity contribution is 7.92. The van der Waals surface area contributed by atoms with Crippen molar-refractivity contribution in [1.82, 2.24) is 19.5 Å². The first-order chi connectivity index (χ1) is 14.4. The standard InChI is InChI=1S/C18H13F5N4O2S2/c1-3-31(28,29)13-10-5-4-6-24-16(10)30-12(13)15-26-11-7-9(8-25-14(11)27(15)2)17(19,20)18(21,22)23/h4-8H,3H2,1-2H3. The van der Waals surface area contributed by atoms with Crippen molar-refractivity contribution < 1.29 is 30.4 Å². The molecule has 0 radical (unpaired) electrons. The largest absolute Gasteiger partial charge is 0.458 e. The molecule has 6 nitrogen and oxygen atoms in total. The van der Waals surface area contributed by atoms with Crippen LogP contribution in [0.25, 0.3) is 32.1 Å². The monoisotopic (exact) mass is 476 g/mol. The van der Waals surface area contributed by atoms with E-state index in [-0.39, 0.29) is 32.5 Å². The number of sulfone groups is 1. The molecule has 0 fully saturated rings. The molecule has 4 heterocycles. The Hall–Kier alpha value is -2.67. The zero-order valence-electron chi connectivity index (χ0n) is 15.9. The van der Waals surface area contributed by atoms with Gasteiger partial charge in [-0.15, -0.1) is 11.3 Å². The third-order valence-electron chi connectivity index (χ3n) is 4.74. The third-order valence-corrected chi connectivity index (χ3v) is 7.79. The van der Waals surface area contributed by atoms with Gasteiger partial charge in [0.15, 0.2) is 21.3 Å². The second-order valence-electron chi connectivity index (χ2n) is 6.65. The number of nitrogens with zero attached hydrogens (tertiary/aromatic N) is 4. The average molecular weight is 476 g/mol. The molecule has 0 aliphatic rings. The van der Waals surface area contributed by atoms with Gasteiger partial charge in [-0.1, -0.05) is 6.92 Å². The van der Waals surface area contributed by atoms with Crippen LogP contribution in [0.2, 0.25) is 0 Å². The molecule has 0 saturated heterocycles. The van der Waals surface area contributed by atoms with E-state index in [0.29, 0.717) is 22.5 Å². The summed E-state index contributed by atoms with van der Waals surface area (Å²) in [5.74, 6) is -5.24. The lowest BCUT2D eigenvalue weighted by Gasteiger charge is -2.19. The van der Waals surface area contributed by atoms with Gasteiger partial charge in [0.2, 0.25) is 0 Å². The van der Waals surface area contributed by atoms with Gasteiger partial charge in [0.25, 0.3) is 0 Å². The smallest absolute Gasteiger partial charge is 0.311 e. The van der Waals surface area contributed by atoms with Crippen LogP contribution in [0, 0.1) is 0 Å². The maximum absolute atomic E-state index is 13.7. The molecule has 0 unspecified atom stereocenters. The summed E-state index contributed by atoms with van der Waals surface area (Å²) in [4.78, 5) is 12.7. The summed E-state index contributed by atoms with van der Waals surface area (Å²) in [5, 5.41) is 0.383. The van der Waals surface area contributed by atoms with Crippen LogP contribution in [0.15, 0.2) is 35.5 Å². The highest BCUT2D eigenvalue weighted by Crippen LogP contribution is 2.45. The summed E-state index contributed by atoms with van der Waals surface area (Å²) in [6.07, 6.45) is -3.86. The number of hydrogen-bond acceptors (Lipinski definition) is 6.